The molecule has 0 fully saturated rings. The molecule has 0 spiro atoms. The van der Waals surface area contributed by atoms with Gasteiger partial charge in [-0.3, -0.25) is 0 Å². The van der Waals surface area contributed by atoms with Crippen LogP contribution in [-0.4, -0.2) is 13.7 Å². The normalized spacial score (nSPS) is 14.2. The zero-order chi connectivity index (χ0) is 12.2. The highest BCUT2D eigenvalue weighted by molar-refractivity contribution is 9.10. The van der Waals surface area contributed by atoms with Gasteiger partial charge in [0.05, 0.1) is 7.11 Å². The molecule has 0 radical (unpaired) electrons. The zero-order valence-electron chi connectivity index (χ0n) is 9.79. The minimum Gasteiger partial charge on any atom is -0.497 e. The van der Waals surface area contributed by atoms with E-state index in [1.165, 1.54) is 5.56 Å². The van der Waals surface area contributed by atoms with Crippen LogP contribution in [0.15, 0.2) is 35.3 Å². The van der Waals surface area contributed by atoms with Gasteiger partial charge in [-0.25, -0.2) is 0 Å². The predicted molar refractivity (Wildman–Crippen MR) is 71.8 cm³/mol. The van der Waals surface area contributed by atoms with Gasteiger partial charge >= 0.3 is 0 Å². The molecule has 1 unspecified atom stereocenters. The van der Waals surface area contributed by atoms with Crippen molar-refractivity contribution in [2.45, 2.75) is 13.3 Å². The SMILES string of the molecule is C=CC(C)(CN)Cc1cc(OC)ccc1Br. The Bertz CT molecular complexity index is 378. The van der Waals surface area contributed by atoms with Gasteiger partial charge in [-0.05, 0) is 30.2 Å². The Morgan fingerprint density at radius 3 is 2.75 bits per heavy atom. The van der Waals surface area contributed by atoms with E-state index in [-0.39, 0.29) is 5.41 Å². The first-order chi connectivity index (χ1) is 7.54. The molecular formula is C13H18BrNO. The third-order valence-electron chi connectivity index (χ3n) is 2.81. The van der Waals surface area contributed by atoms with E-state index in [1.807, 2.05) is 24.3 Å². The molecule has 2 N–H and O–H groups in total. The van der Waals surface area contributed by atoms with Crippen molar-refractivity contribution in [3.05, 3.63) is 40.9 Å². The van der Waals surface area contributed by atoms with E-state index in [9.17, 15) is 0 Å². The Kier molecular flexibility index (Phi) is 4.56. The van der Waals surface area contributed by atoms with Gasteiger partial charge in [-0.15, -0.1) is 6.58 Å². The van der Waals surface area contributed by atoms with Crippen LogP contribution in [0.2, 0.25) is 0 Å². The maximum Gasteiger partial charge on any atom is 0.119 e. The fraction of sp³-hybridized carbons (Fsp3) is 0.385. The van der Waals surface area contributed by atoms with E-state index >= 15 is 0 Å². The average molecular weight is 284 g/mol. The number of methoxy groups -OCH3 is 1. The van der Waals surface area contributed by atoms with Crippen molar-refractivity contribution < 1.29 is 4.74 Å². The van der Waals surface area contributed by atoms with E-state index in [0.29, 0.717) is 6.54 Å². The van der Waals surface area contributed by atoms with Crippen LogP contribution in [0.25, 0.3) is 0 Å². The van der Waals surface area contributed by atoms with Crippen LogP contribution in [0.4, 0.5) is 0 Å². The highest BCUT2D eigenvalue weighted by Gasteiger charge is 2.20. The maximum atomic E-state index is 5.77. The summed E-state index contributed by atoms with van der Waals surface area (Å²) in [6, 6.07) is 5.96. The second-order valence-corrected chi connectivity index (χ2v) is 5.05. The standard InChI is InChI=1S/C13H18BrNO/c1-4-13(2,9-15)8-10-7-11(16-3)5-6-12(10)14/h4-7H,1,8-9,15H2,2-3H3. The molecule has 2 nitrogen and oxygen atoms in total. The second-order valence-electron chi connectivity index (χ2n) is 4.20. The number of ether oxygens (including phenoxy) is 1. The molecule has 1 aromatic carbocycles. The van der Waals surface area contributed by atoms with Gasteiger partial charge in [0.2, 0.25) is 0 Å². The third-order valence-corrected chi connectivity index (χ3v) is 3.58. The van der Waals surface area contributed by atoms with Crippen LogP contribution < -0.4 is 10.5 Å². The molecule has 0 aliphatic carbocycles. The Labute approximate surface area is 106 Å². The average Bonchev–Trinajstić information content (AvgIpc) is 2.32. The quantitative estimate of drug-likeness (QED) is 0.843. The smallest absolute Gasteiger partial charge is 0.119 e. The molecule has 0 aromatic heterocycles. The summed E-state index contributed by atoms with van der Waals surface area (Å²) in [5, 5.41) is 0. The van der Waals surface area contributed by atoms with Crippen LogP contribution in [0.5, 0.6) is 5.75 Å². The molecule has 0 saturated heterocycles. The second kappa shape index (κ2) is 5.51. The summed E-state index contributed by atoms with van der Waals surface area (Å²) in [5.41, 5.74) is 6.88. The lowest BCUT2D eigenvalue weighted by Crippen LogP contribution is -2.27. The lowest BCUT2D eigenvalue weighted by Gasteiger charge is -2.24. The fourth-order valence-corrected chi connectivity index (χ4v) is 1.86. The molecule has 0 aliphatic rings. The molecule has 1 atom stereocenters. The summed E-state index contributed by atoms with van der Waals surface area (Å²) >= 11 is 3.54. The summed E-state index contributed by atoms with van der Waals surface area (Å²) in [4.78, 5) is 0. The Hall–Kier alpha value is -0.800. The molecule has 0 heterocycles. The number of rotatable bonds is 5. The minimum atomic E-state index is -0.0745. The first kappa shape index (κ1) is 13.3. The highest BCUT2D eigenvalue weighted by Crippen LogP contribution is 2.29. The zero-order valence-corrected chi connectivity index (χ0v) is 11.4. The topological polar surface area (TPSA) is 35.2 Å². The fourth-order valence-electron chi connectivity index (χ4n) is 1.48. The first-order valence-electron chi connectivity index (χ1n) is 5.21. The monoisotopic (exact) mass is 283 g/mol. The Morgan fingerprint density at radius 2 is 2.25 bits per heavy atom. The predicted octanol–water partition coefficient (Wildman–Crippen LogP) is 3.15. The van der Waals surface area contributed by atoms with Gasteiger partial charge in [0.25, 0.3) is 0 Å². The van der Waals surface area contributed by atoms with E-state index < -0.39 is 0 Å². The van der Waals surface area contributed by atoms with E-state index in [1.54, 1.807) is 7.11 Å². The van der Waals surface area contributed by atoms with E-state index in [0.717, 1.165) is 16.6 Å². The van der Waals surface area contributed by atoms with Gasteiger partial charge < -0.3 is 10.5 Å². The van der Waals surface area contributed by atoms with E-state index in [2.05, 4.69) is 29.4 Å². The van der Waals surface area contributed by atoms with Gasteiger partial charge in [-0.1, -0.05) is 28.9 Å². The molecule has 1 aromatic rings. The Balaban J connectivity index is 2.99. The van der Waals surface area contributed by atoms with Crippen molar-refractivity contribution in [3.8, 4) is 5.75 Å². The van der Waals surface area contributed by atoms with Crippen molar-refractivity contribution in [3.63, 3.8) is 0 Å². The molecule has 16 heavy (non-hydrogen) atoms. The molecule has 0 saturated carbocycles. The maximum absolute atomic E-state index is 5.77. The van der Waals surface area contributed by atoms with Crippen molar-refractivity contribution in [1.82, 2.24) is 0 Å². The van der Waals surface area contributed by atoms with Crippen LogP contribution in [0.1, 0.15) is 12.5 Å². The molecular weight excluding hydrogens is 266 g/mol. The largest absolute Gasteiger partial charge is 0.497 e. The third kappa shape index (κ3) is 3.09. The van der Waals surface area contributed by atoms with Crippen molar-refractivity contribution in [1.29, 1.82) is 0 Å². The Morgan fingerprint density at radius 1 is 1.56 bits per heavy atom. The van der Waals surface area contributed by atoms with Crippen LogP contribution in [0.3, 0.4) is 0 Å². The van der Waals surface area contributed by atoms with Crippen LogP contribution >= 0.6 is 15.9 Å². The van der Waals surface area contributed by atoms with Crippen molar-refractivity contribution >= 4 is 15.9 Å². The lowest BCUT2D eigenvalue weighted by molar-refractivity contribution is 0.410. The van der Waals surface area contributed by atoms with Gasteiger partial charge in [0.15, 0.2) is 0 Å². The van der Waals surface area contributed by atoms with Crippen molar-refractivity contribution in [2.75, 3.05) is 13.7 Å². The number of nitrogens with two attached hydrogens (primary N) is 1. The molecule has 88 valence electrons. The highest BCUT2D eigenvalue weighted by atomic mass is 79.9. The molecule has 0 aliphatic heterocycles. The minimum absolute atomic E-state index is 0.0745. The number of hydrogen-bond acceptors (Lipinski definition) is 2. The van der Waals surface area contributed by atoms with Crippen LogP contribution in [-0.2, 0) is 6.42 Å². The van der Waals surface area contributed by atoms with Gasteiger partial charge in [0, 0.05) is 16.4 Å². The lowest BCUT2D eigenvalue weighted by atomic mass is 9.84. The summed E-state index contributed by atoms with van der Waals surface area (Å²) in [6.07, 6.45) is 2.77. The summed E-state index contributed by atoms with van der Waals surface area (Å²) in [6.45, 7) is 6.53. The number of benzene rings is 1. The van der Waals surface area contributed by atoms with Crippen molar-refractivity contribution in [2.24, 2.45) is 11.1 Å². The summed E-state index contributed by atoms with van der Waals surface area (Å²) in [7, 11) is 1.67. The molecule has 0 amide bonds. The first-order valence-corrected chi connectivity index (χ1v) is 6.00. The summed E-state index contributed by atoms with van der Waals surface area (Å²) in [5.74, 6) is 0.863. The number of hydrogen-bond donors (Lipinski definition) is 1. The number of halogens is 1. The molecule has 0 bridgehead atoms. The molecule has 1 rings (SSSR count). The van der Waals surface area contributed by atoms with Crippen LogP contribution in [0, 0.1) is 5.41 Å². The van der Waals surface area contributed by atoms with E-state index in [4.69, 9.17) is 10.5 Å². The van der Waals surface area contributed by atoms with Gasteiger partial charge in [-0.2, -0.15) is 0 Å². The molecule has 3 heteroatoms. The summed E-state index contributed by atoms with van der Waals surface area (Å²) < 4.78 is 6.29. The van der Waals surface area contributed by atoms with Gasteiger partial charge in [0.1, 0.15) is 5.75 Å².